The van der Waals surface area contributed by atoms with Gasteiger partial charge in [-0.3, -0.25) is 10.1 Å². The minimum absolute atomic E-state index is 0.0334. The van der Waals surface area contributed by atoms with Crippen LogP contribution in [-0.2, 0) is 0 Å². The van der Waals surface area contributed by atoms with Crippen LogP contribution in [0.3, 0.4) is 0 Å². The first-order valence-electron chi connectivity index (χ1n) is 9.15. The molecule has 10 heteroatoms. The summed E-state index contributed by atoms with van der Waals surface area (Å²) in [5.41, 5.74) is 2.69. The van der Waals surface area contributed by atoms with Crippen LogP contribution in [0.4, 0.5) is 14.5 Å². The number of hydrogen-bond acceptors (Lipinski definition) is 4. The van der Waals surface area contributed by atoms with Crippen LogP contribution in [0.15, 0.2) is 52.9 Å². The summed E-state index contributed by atoms with van der Waals surface area (Å²) in [5.74, 6) is -2.51. The van der Waals surface area contributed by atoms with E-state index in [9.17, 15) is 13.6 Å². The van der Waals surface area contributed by atoms with Gasteiger partial charge in [0, 0.05) is 16.3 Å². The van der Waals surface area contributed by atoms with Gasteiger partial charge >= 0.3 is 0 Å². The quantitative estimate of drug-likeness (QED) is 0.252. The summed E-state index contributed by atoms with van der Waals surface area (Å²) in [6, 6.07) is 11.6. The molecule has 0 radical (unpaired) electrons. The highest BCUT2D eigenvalue weighted by Gasteiger charge is 2.16. The van der Waals surface area contributed by atoms with Crippen LogP contribution in [0.5, 0.6) is 0 Å². The van der Waals surface area contributed by atoms with Crippen molar-refractivity contribution in [3.63, 3.8) is 0 Å². The number of nitrogens with zero attached hydrogens (tertiary/aromatic N) is 1. The highest BCUT2D eigenvalue weighted by atomic mass is 35.5. The highest BCUT2D eigenvalue weighted by Crippen LogP contribution is 2.32. The van der Waals surface area contributed by atoms with Crippen LogP contribution in [0, 0.1) is 18.6 Å². The van der Waals surface area contributed by atoms with Gasteiger partial charge < -0.3 is 9.73 Å². The number of rotatable bonds is 3. The number of carbonyl (C=O) groups is 1. The number of hydrogen-bond donors (Lipinski definition) is 2. The summed E-state index contributed by atoms with van der Waals surface area (Å²) in [6.45, 7) is 1.84. The van der Waals surface area contributed by atoms with Gasteiger partial charge in [0.15, 0.2) is 22.3 Å². The number of carbonyl (C=O) groups excluding carboxylic acids is 1. The fourth-order valence-electron chi connectivity index (χ4n) is 2.88. The Morgan fingerprint density at radius 3 is 2.53 bits per heavy atom. The van der Waals surface area contributed by atoms with Crippen molar-refractivity contribution < 1.29 is 18.0 Å². The van der Waals surface area contributed by atoms with E-state index in [2.05, 4.69) is 15.6 Å². The van der Waals surface area contributed by atoms with Gasteiger partial charge in [0.05, 0.1) is 10.6 Å². The Morgan fingerprint density at radius 1 is 1.03 bits per heavy atom. The predicted molar refractivity (Wildman–Crippen MR) is 124 cm³/mol. The largest absolute Gasteiger partial charge is 0.436 e. The molecule has 4 aromatic rings. The van der Waals surface area contributed by atoms with Gasteiger partial charge in [-0.25, -0.2) is 13.8 Å². The minimum Gasteiger partial charge on any atom is -0.436 e. The average Bonchev–Trinajstić information content (AvgIpc) is 3.15. The average molecular weight is 492 g/mol. The lowest BCUT2D eigenvalue weighted by Gasteiger charge is -2.10. The zero-order valence-corrected chi connectivity index (χ0v) is 18.6. The van der Waals surface area contributed by atoms with Crippen molar-refractivity contribution in [1.82, 2.24) is 10.3 Å². The van der Waals surface area contributed by atoms with Gasteiger partial charge in [-0.1, -0.05) is 29.3 Å². The topological polar surface area (TPSA) is 67.2 Å². The molecule has 0 aliphatic carbocycles. The van der Waals surface area contributed by atoms with E-state index in [1.165, 1.54) is 0 Å². The van der Waals surface area contributed by atoms with E-state index < -0.39 is 17.5 Å². The molecular weight excluding hydrogens is 479 g/mol. The smallest absolute Gasteiger partial charge is 0.257 e. The second-order valence-corrected chi connectivity index (χ2v) is 8.04. The van der Waals surface area contributed by atoms with Gasteiger partial charge in [-0.05, 0) is 67.2 Å². The predicted octanol–water partition coefficient (Wildman–Crippen LogP) is 6.52. The molecule has 0 fully saturated rings. The number of anilines is 1. The van der Waals surface area contributed by atoms with Crippen LogP contribution in [0.1, 0.15) is 15.9 Å². The molecule has 32 heavy (non-hydrogen) atoms. The van der Waals surface area contributed by atoms with Crippen molar-refractivity contribution in [2.45, 2.75) is 6.92 Å². The second-order valence-electron chi connectivity index (χ2n) is 6.82. The van der Waals surface area contributed by atoms with Crippen LogP contribution < -0.4 is 10.6 Å². The van der Waals surface area contributed by atoms with Crippen molar-refractivity contribution in [2.24, 2.45) is 0 Å². The van der Waals surface area contributed by atoms with Gasteiger partial charge in [-0.2, -0.15) is 0 Å². The molecule has 0 unspecified atom stereocenters. The van der Waals surface area contributed by atoms with E-state index in [-0.39, 0.29) is 21.6 Å². The van der Waals surface area contributed by atoms with Crippen LogP contribution >= 0.6 is 35.4 Å². The van der Waals surface area contributed by atoms with Crippen LogP contribution in [0.25, 0.3) is 22.6 Å². The lowest BCUT2D eigenvalue weighted by molar-refractivity contribution is 0.0977. The number of aromatic nitrogens is 1. The summed E-state index contributed by atoms with van der Waals surface area (Å²) in [5, 5.41) is 5.97. The van der Waals surface area contributed by atoms with Crippen molar-refractivity contribution in [3.05, 3.63) is 81.3 Å². The number of benzene rings is 3. The molecule has 1 aromatic heterocycles. The van der Waals surface area contributed by atoms with Gasteiger partial charge in [-0.15, -0.1) is 0 Å². The monoisotopic (exact) mass is 491 g/mol. The van der Waals surface area contributed by atoms with E-state index in [1.54, 1.807) is 36.4 Å². The van der Waals surface area contributed by atoms with E-state index >= 15 is 0 Å². The number of amides is 1. The molecule has 5 nitrogen and oxygen atoms in total. The highest BCUT2D eigenvalue weighted by molar-refractivity contribution is 7.80. The summed E-state index contributed by atoms with van der Waals surface area (Å²) in [4.78, 5) is 16.7. The first kappa shape index (κ1) is 22.1. The third-order valence-corrected chi connectivity index (χ3v) is 5.47. The molecule has 0 aliphatic heterocycles. The number of thiocarbonyl (C=S) groups is 1. The summed E-state index contributed by atoms with van der Waals surface area (Å²) in [6.07, 6.45) is 0. The Labute approximate surface area is 196 Å². The number of nitrogens with one attached hydrogen (secondary N) is 2. The Balaban J connectivity index is 1.51. The van der Waals surface area contributed by atoms with Crippen molar-refractivity contribution in [1.29, 1.82) is 0 Å². The normalized spacial score (nSPS) is 10.9. The number of oxazole rings is 1. The third-order valence-electron chi connectivity index (χ3n) is 4.55. The molecule has 4 rings (SSSR count). The lowest BCUT2D eigenvalue weighted by atomic mass is 10.1. The van der Waals surface area contributed by atoms with Crippen molar-refractivity contribution >= 4 is 63.2 Å². The standard InChI is InChI=1S/C22H13Cl2F2N3O2S/c1-10-2-3-11(6-14(10)23)20(30)29-22(32)27-12-4-5-19-18(7-12)28-21(31-19)13-8-16(25)17(26)9-15(13)24/h2-9H,1H3,(H2,27,29,30,32). The van der Waals surface area contributed by atoms with Crippen LogP contribution in [0.2, 0.25) is 10.0 Å². The van der Waals surface area contributed by atoms with Crippen LogP contribution in [-0.4, -0.2) is 16.0 Å². The van der Waals surface area contributed by atoms with E-state index in [4.69, 9.17) is 39.8 Å². The fourth-order valence-corrected chi connectivity index (χ4v) is 3.50. The van der Waals surface area contributed by atoms with Gasteiger partial charge in [0.25, 0.3) is 5.91 Å². The maximum Gasteiger partial charge on any atom is 0.257 e. The molecule has 1 amide bonds. The Hall–Kier alpha value is -3.07. The second kappa shape index (κ2) is 8.82. The Bertz CT molecular complexity index is 1390. The molecule has 1 heterocycles. The zero-order valence-electron chi connectivity index (χ0n) is 16.3. The lowest BCUT2D eigenvalue weighted by Crippen LogP contribution is -2.34. The SMILES string of the molecule is Cc1ccc(C(=O)NC(=S)Nc2ccc3oc(-c4cc(F)c(F)cc4Cl)nc3c2)cc1Cl. The van der Waals surface area contributed by atoms with E-state index in [0.717, 1.165) is 17.7 Å². The summed E-state index contributed by atoms with van der Waals surface area (Å²) >= 11 is 17.3. The van der Waals surface area contributed by atoms with Gasteiger partial charge in [0.2, 0.25) is 5.89 Å². The Morgan fingerprint density at radius 2 is 1.78 bits per heavy atom. The Kier molecular flexibility index (Phi) is 6.10. The molecule has 3 aromatic carbocycles. The van der Waals surface area contributed by atoms with Gasteiger partial charge in [0.1, 0.15) is 5.52 Å². The van der Waals surface area contributed by atoms with Crippen molar-refractivity contribution in [3.8, 4) is 11.5 Å². The molecule has 0 bridgehead atoms. The third kappa shape index (κ3) is 4.57. The number of aryl methyl sites for hydroxylation is 1. The van der Waals surface area contributed by atoms with E-state index in [1.807, 2.05) is 6.92 Å². The van der Waals surface area contributed by atoms with Crippen molar-refractivity contribution in [2.75, 3.05) is 5.32 Å². The maximum atomic E-state index is 13.6. The minimum atomic E-state index is -1.06. The zero-order chi connectivity index (χ0) is 23.0. The number of fused-ring (bicyclic) bond motifs is 1. The molecule has 2 N–H and O–H groups in total. The molecule has 0 saturated heterocycles. The number of halogens is 4. The molecule has 0 atom stereocenters. The maximum absolute atomic E-state index is 13.6. The fraction of sp³-hybridized carbons (Fsp3) is 0.0455. The summed E-state index contributed by atoms with van der Waals surface area (Å²) in [7, 11) is 0. The molecule has 162 valence electrons. The molecule has 0 saturated carbocycles. The molecule has 0 aliphatic rings. The molecule has 0 spiro atoms. The first-order chi connectivity index (χ1) is 15.2. The summed E-state index contributed by atoms with van der Waals surface area (Å²) < 4.78 is 32.5. The van der Waals surface area contributed by atoms with E-state index in [0.29, 0.717) is 27.4 Å². The first-order valence-corrected chi connectivity index (χ1v) is 10.3. The molecular formula is C22H13Cl2F2N3O2S.